The standard InChI is InChI=1S/C29H31N7O9/c1-15-11-34(28(41)30-25(15)38)23-9-19(22(45-23)14-43-27(40)17-6-4-3-5-7-17)36-13-18(32-33-36)8-21-20(37)10-24(44-21)35-12-16(2)26(39)31-29(35)42/h3-7,11-13,19-24,37H,8-10,14H2,1-2H3,(H,30,38,41)(H,31,39,42)/t19-,20+,21+,22+,23+,24+/m0/s1. The Hall–Kier alpha value is -4.93. The number of carbonyl (C=O) groups excluding carboxylic acids is 1. The van der Waals surface area contributed by atoms with Crippen LogP contribution in [0.15, 0.2) is 68.1 Å². The van der Waals surface area contributed by atoms with E-state index in [2.05, 4.69) is 20.3 Å². The molecule has 6 atom stereocenters. The van der Waals surface area contributed by atoms with E-state index < -0.39 is 65.3 Å². The van der Waals surface area contributed by atoms with E-state index in [-0.39, 0.29) is 25.9 Å². The number of aromatic amines is 2. The van der Waals surface area contributed by atoms with E-state index >= 15 is 0 Å². The van der Waals surface area contributed by atoms with Gasteiger partial charge >= 0.3 is 17.3 Å². The maximum atomic E-state index is 12.7. The third-order valence-electron chi connectivity index (χ3n) is 8.02. The van der Waals surface area contributed by atoms with Crippen molar-refractivity contribution in [3.63, 3.8) is 0 Å². The summed E-state index contributed by atoms with van der Waals surface area (Å²) in [5.41, 5.74) is -0.773. The highest BCUT2D eigenvalue weighted by molar-refractivity contribution is 5.89. The Kier molecular flexibility index (Phi) is 8.18. The summed E-state index contributed by atoms with van der Waals surface area (Å²) >= 11 is 0. The first-order valence-electron chi connectivity index (χ1n) is 14.3. The van der Waals surface area contributed by atoms with Gasteiger partial charge in [-0.2, -0.15) is 0 Å². The maximum absolute atomic E-state index is 12.7. The van der Waals surface area contributed by atoms with Gasteiger partial charge in [-0.25, -0.2) is 19.1 Å². The van der Waals surface area contributed by atoms with Gasteiger partial charge in [0.25, 0.3) is 11.1 Å². The first-order chi connectivity index (χ1) is 21.6. The van der Waals surface area contributed by atoms with Crippen LogP contribution in [0.3, 0.4) is 0 Å². The van der Waals surface area contributed by atoms with E-state index in [0.717, 1.165) is 0 Å². The second kappa shape index (κ2) is 12.2. The van der Waals surface area contributed by atoms with Gasteiger partial charge in [0.15, 0.2) is 0 Å². The van der Waals surface area contributed by atoms with Crippen LogP contribution in [0.1, 0.15) is 58.5 Å². The molecule has 0 radical (unpaired) electrons. The molecule has 2 aliphatic rings. The third kappa shape index (κ3) is 6.20. The van der Waals surface area contributed by atoms with Crippen LogP contribution in [0.2, 0.25) is 0 Å². The van der Waals surface area contributed by atoms with E-state index in [1.54, 1.807) is 55.1 Å². The summed E-state index contributed by atoms with van der Waals surface area (Å²) in [5, 5.41) is 19.2. The maximum Gasteiger partial charge on any atom is 0.338 e. The molecule has 0 aliphatic carbocycles. The number of nitrogens with zero attached hydrogens (tertiary/aromatic N) is 5. The van der Waals surface area contributed by atoms with E-state index in [1.807, 2.05) is 0 Å². The molecule has 0 amide bonds. The van der Waals surface area contributed by atoms with Crippen molar-refractivity contribution < 1.29 is 24.1 Å². The predicted octanol–water partition coefficient (Wildman–Crippen LogP) is -0.128. The Bertz CT molecular complexity index is 1940. The smallest absolute Gasteiger partial charge is 0.338 e. The van der Waals surface area contributed by atoms with E-state index in [9.17, 15) is 29.1 Å². The summed E-state index contributed by atoms with van der Waals surface area (Å²) in [6.45, 7) is 2.99. The second-order valence-electron chi connectivity index (χ2n) is 11.2. The quantitative estimate of drug-likeness (QED) is 0.221. The van der Waals surface area contributed by atoms with Crippen molar-refractivity contribution in [2.24, 2.45) is 0 Å². The van der Waals surface area contributed by atoms with Crippen LogP contribution in [-0.2, 0) is 20.6 Å². The van der Waals surface area contributed by atoms with Crippen LogP contribution in [0.25, 0.3) is 0 Å². The molecule has 16 heteroatoms. The molecule has 0 unspecified atom stereocenters. The van der Waals surface area contributed by atoms with Gasteiger partial charge in [0.05, 0.1) is 29.5 Å². The molecule has 236 valence electrons. The molecule has 2 aliphatic heterocycles. The summed E-state index contributed by atoms with van der Waals surface area (Å²) < 4.78 is 21.8. The van der Waals surface area contributed by atoms with Gasteiger partial charge in [0.1, 0.15) is 25.2 Å². The second-order valence-corrected chi connectivity index (χ2v) is 11.2. The lowest BCUT2D eigenvalue weighted by Gasteiger charge is -2.18. The largest absolute Gasteiger partial charge is 0.459 e. The molecule has 1 aromatic carbocycles. The number of hydrogen-bond acceptors (Lipinski definition) is 11. The minimum absolute atomic E-state index is 0.129. The van der Waals surface area contributed by atoms with Gasteiger partial charge in [-0.1, -0.05) is 23.4 Å². The number of aromatic nitrogens is 7. The Morgan fingerprint density at radius 3 is 2.16 bits per heavy atom. The average molecular weight is 622 g/mol. The zero-order valence-electron chi connectivity index (χ0n) is 24.4. The summed E-state index contributed by atoms with van der Waals surface area (Å²) in [5.74, 6) is -0.545. The van der Waals surface area contributed by atoms with Crippen LogP contribution in [0, 0.1) is 13.8 Å². The number of ether oxygens (including phenoxy) is 3. The molecule has 3 aromatic heterocycles. The van der Waals surface area contributed by atoms with Crippen molar-refractivity contribution >= 4 is 5.97 Å². The summed E-state index contributed by atoms with van der Waals surface area (Å²) in [6.07, 6.45) is 1.06. The zero-order chi connectivity index (χ0) is 31.8. The van der Waals surface area contributed by atoms with Crippen molar-refractivity contribution in [1.29, 1.82) is 0 Å². The van der Waals surface area contributed by atoms with Crippen molar-refractivity contribution in [3.05, 3.63) is 113 Å². The normalized spacial score (nSPS) is 24.6. The number of H-pyrrole nitrogens is 2. The van der Waals surface area contributed by atoms with Crippen molar-refractivity contribution in [2.75, 3.05) is 6.61 Å². The number of aliphatic hydroxyl groups excluding tert-OH is 1. The number of esters is 1. The van der Waals surface area contributed by atoms with Crippen molar-refractivity contribution in [3.8, 4) is 0 Å². The fourth-order valence-corrected chi connectivity index (χ4v) is 5.57. The molecule has 5 heterocycles. The molecule has 0 saturated carbocycles. The molecule has 2 saturated heterocycles. The molecule has 2 fully saturated rings. The number of hydrogen-bond donors (Lipinski definition) is 3. The van der Waals surface area contributed by atoms with Gasteiger partial charge in [0, 0.05) is 49.0 Å². The lowest BCUT2D eigenvalue weighted by Crippen LogP contribution is -2.33. The van der Waals surface area contributed by atoms with Crippen LogP contribution in [0.4, 0.5) is 0 Å². The SMILES string of the molecule is Cc1cn([C@H]2C[C@@H](O)[C@@H](Cc3cn([C@H]4C[C@H](n5cc(C)c(=O)[nH]c5=O)O[C@@H]4COC(=O)c4ccccc4)nn3)O2)c(=O)[nH]c1=O. The van der Waals surface area contributed by atoms with E-state index in [0.29, 0.717) is 22.4 Å². The average Bonchev–Trinajstić information content (AvgIpc) is 3.75. The van der Waals surface area contributed by atoms with Gasteiger partial charge < -0.3 is 19.3 Å². The molecule has 3 N–H and O–H groups in total. The van der Waals surface area contributed by atoms with Gasteiger partial charge in [-0.3, -0.25) is 28.7 Å². The molecule has 4 aromatic rings. The number of benzene rings is 1. The highest BCUT2D eigenvalue weighted by Gasteiger charge is 2.41. The van der Waals surface area contributed by atoms with Crippen LogP contribution < -0.4 is 22.5 Å². The van der Waals surface area contributed by atoms with E-state index in [1.165, 1.54) is 21.5 Å². The minimum atomic E-state index is -0.918. The van der Waals surface area contributed by atoms with Crippen LogP contribution >= 0.6 is 0 Å². The zero-order valence-corrected chi connectivity index (χ0v) is 24.4. The summed E-state index contributed by atoms with van der Waals surface area (Å²) in [7, 11) is 0. The summed E-state index contributed by atoms with van der Waals surface area (Å²) in [4.78, 5) is 65.8. The number of rotatable bonds is 8. The number of aliphatic hydroxyl groups is 1. The lowest BCUT2D eigenvalue weighted by molar-refractivity contribution is -0.0411. The molecular formula is C29H31N7O9. The molecule has 6 rings (SSSR count). The number of carbonyl (C=O) groups is 1. The Morgan fingerprint density at radius 2 is 1.51 bits per heavy atom. The van der Waals surface area contributed by atoms with Gasteiger partial charge in [0.2, 0.25) is 0 Å². The predicted molar refractivity (Wildman–Crippen MR) is 155 cm³/mol. The molecular weight excluding hydrogens is 590 g/mol. The summed E-state index contributed by atoms with van der Waals surface area (Å²) in [6, 6.07) is 7.95. The Morgan fingerprint density at radius 1 is 0.911 bits per heavy atom. The van der Waals surface area contributed by atoms with Crippen molar-refractivity contribution in [1.82, 2.24) is 34.1 Å². The van der Waals surface area contributed by atoms with Gasteiger partial charge in [-0.15, -0.1) is 5.10 Å². The third-order valence-corrected chi connectivity index (χ3v) is 8.02. The molecule has 0 spiro atoms. The number of aryl methyl sites for hydroxylation is 2. The molecule has 16 nitrogen and oxygen atoms in total. The lowest BCUT2D eigenvalue weighted by atomic mass is 10.1. The minimum Gasteiger partial charge on any atom is -0.459 e. The van der Waals surface area contributed by atoms with Crippen molar-refractivity contribution in [2.45, 2.75) is 69.9 Å². The molecule has 45 heavy (non-hydrogen) atoms. The Labute approximate surface area is 253 Å². The first-order valence-corrected chi connectivity index (χ1v) is 14.3. The van der Waals surface area contributed by atoms with Gasteiger partial charge in [-0.05, 0) is 26.0 Å². The first kappa shape index (κ1) is 30.1. The molecule has 0 bridgehead atoms. The number of nitrogens with one attached hydrogen (secondary N) is 2. The highest BCUT2D eigenvalue weighted by Crippen LogP contribution is 2.36. The monoisotopic (exact) mass is 621 g/mol. The van der Waals surface area contributed by atoms with Crippen LogP contribution in [-0.4, -0.2) is 70.1 Å². The Balaban J connectivity index is 1.20. The highest BCUT2D eigenvalue weighted by atomic mass is 16.6. The van der Waals surface area contributed by atoms with E-state index in [4.69, 9.17) is 14.2 Å². The topological polar surface area (TPSA) is 205 Å². The fraction of sp³-hybridized carbons (Fsp3) is 0.414. The fourth-order valence-electron chi connectivity index (χ4n) is 5.57. The van der Waals surface area contributed by atoms with Crippen LogP contribution in [0.5, 0.6) is 0 Å².